The Hall–Kier alpha value is -1.58. The molecule has 2 rings (SSSR count). The van der Waals surface area contributed by atoms with Gasteiger partial charge in [-0.2, -0.15) is 0 Å². The van der Waals surface area contributed by atoms with Gasteiger partial charge in [0.2, 0.25) is 0 Å². The summed E-state index contributed by atoms with van der Waals surface area (Å²) in [6.45, 7) is 1.96. The van der Waals surface area contributed by atoms with Crippen molar-refractivity contribution in [3.05, 3.63) is 63.9 Å². The van der Waals surface area contributed by atoms with Crippen molar-refractivity contribution in [3.8, 4) is 5.75 Å². The zero-order valence-corrected chi connectivity index (χ0v) is 12.5. The van der Waals surface area contributed by atoms with E-state index in [2.05, 4.69) is 5.32 Å². The molecule has 0 aliphatic rings. The standard InChI is InChI=1S/C16H17ClFNO/c1-10-9-11(7-8-14(10)20-3)16(19-2)15-12(17)5-4-6-13(15)18/h4-9,16,19H,1-3H3. The van der Waals surface area contributed by atoms with E-state index in [4.69, 9.17) is 16.3 Å². The molecule has 1 N–H and O–H groups in total. The van der Waals surface area contributed by atoms with Gasteiger partial charge in [-0.25, -0.2) is 4.39 Å². The predicted molar refractivity (Wildman–Crippen MR) is 80.0 cm³/mol. The van der Waals surface area contributed by atoms with Crippen LogP contribution in [-0.2, 0) is 0 Å². The van der Waals surface area contributed by atoms with Crippen molar-refractivity contribution < 1.29 is 9.13 Å². The van der Waals surface area contributed by atoms with Crippen LogP contribution in [-0.4, -0.2) is 14.2 Å². The molecular weight excluding hydrogens is 277 g/mol. The average Bonchev–Trinajstić information content (AvgIpc) is 2.43. The molecule has 106 valence electrons. The number of nitrogens with one attached hydrogen (secondary N) is 1. The molecule has 0 heterocycles. The van der Waals surface area contributed by atoms with Gasteiger partial charge in [-0.15, -0.1) is 0 Å². The first-order valence-electron chi connectivity index (χ1n) is 6.34. The van der Waals surface area contributed by atoms with E-state index in [9.17, 15) is 4.39 Å². The van der Waals surface area contributed by atoms with E-state index in [1.165, 1.54) is 6.07 Å². The lowest BCUT2D eigenvalue weighted by atomic mass is 9.96. The maximum Gasteiger partial charge on any atom is 0.129 e. The fraction of sp³-hybridized carbons (Fsp3) is 0.250. The highest BCUT2D eigenvalue weighted by Crippen LogP contribution is 2.32. The molecule has 2 aromatic carbocycles. The van der Waals surface area contributed by atoms with Gasteiger partial charge in [-0.3, -0.25) is 0 Å². The van der Waals surface area contributed by atoms with E-state index >= 15 is 0 Å². The summed E-state index contributed by atoms with van der Waals surface area (Å²) in [7, 11) is 3.41. The minimum absolute atomic E-state index is 0.298. The van der Waals surface area contributed by atoms with E-state index in [1.807, 2.05) is 25.1 Å². The summed E-state index contributed by atoms with van der Waals surface area (Å²) in [5.41, 5.74) is 2.40. The lowest BCUT2D eigenvalue weighted by Gasteiger charge is -2.20. The van der Waals surface area contributed by atoms with E-state index in [1.54, 1.807) is 26.3 Å². The van der Waals surface area contributed by atoms with Crippen LogP contribution in [0.1, 0.15) is 22.7 Å². The first-order valence-corrected chi connectivity index (χ1v) is 6.72. The Morgan fingerprint density at radius 2 is 2.00 bits per heavy atom. The Morgan fingerprint density at radius 1 is 1.25 bits per heavy atom. The van der Waals surface area contributed by atoms with Crippen molar-refractivity contribution in [2.75, 3.05) is 14.2 Å². The largest absolute Gasteiger partial charge is 0.496 e. The van der Waals surface area contributed by atoms with Gasteiger partial charge in [-0.05, 0) is 43.3 Å². The lowest BCUT2D eigenvalue weighted by Crippen LogP contribution is -2.19. The summed E-state index contributed by atoms with van der Waals surface area (Å²) >= 11 is 6.15. The zero-order valence-electron chi connectivity index (χ0n) is 11.7. The number of hydrogen-bond acceptors (Lipinski definition) is 2. The SMILES string of the molecule is CNC(c1ccc(OC)c(C)c1)c1c(F)cccc1Cl. The molecule has 20 heavy (non-hydrogen) atoms. The number of methoxy groups -OCH3 is 1. The molecule has 0 radical (unpaired) electrons. The lowest BCUT2D eigenvalue weighted by molar-refractivity contribution is 0.411. The van der Waals surface area contributed by atoms with Crippen LogP contribution in [0.4, 0.5) is 4.39 Å². The van der Waals surface area contributed by atoms with Crippen molar-refractivity contribution in [2.24, 2.45) is 0 Å². The van der Waals surface area contributed by atoms with Crippen LogP contribution >= 0.6 is 11.6 Å². The molecule has 4 heteroatoms. The highest BCUT2D eigenvalue weighted by molar-refractivity contribution is 6.31. The number of halogens is 2. The quantitative estimate of drug-likeness (QED) is 0.916. The molecule has 0 saturated heterocycles. The van der Waals surface area contributed by atoms with Gasteiger partial charge in [0.1, 0.15) is 11.6 Å². The number of ether oxygens (including phenoxy) is 1. The molecule has 0 bridgehead atoms. The van der Waals surface area contributed by atoms with E-state index in [0.29, 0.717) is 10.6 Å². The van der Waals surface area contributed by atoms with Crippen LogP contribution in [0.25, 0.3) is 0 Å². The third-order valence-electron chi connectivity index (χ3n) is 3.33. The molecule has 0 spiro atoms. The van der Waals surface area contributed by atoms with E-state index < -0.39 is 0 Å². The summed E-state index contributed by atoms with van der Waals surface area (Å²) < 4.78 is 19.3. The maximum atomic E-state index is 14.1. The van der Waals surface area contributed by atoms with Crippen LogP contribution < -0.4 is 10.1 Å². The summed E-state index contributed by atoms with van der Waals surface area (Å²) in [6.07, 6.45) is 0. The Labute approximate surface area is 123 Å². The average molecular weight is 294 g/mol. The summed E-state index contributed by atoms with van der Waals surface area (Å²) in [4.78, 5) is 0. The fourth-order valence-corrected chi connectivity index (χ4v) is 2.62. The van der Waals surface area contributed by atoms with Gasteiger partial charge in [-0.1, -0.05) is 29.8 Å². The molecular formula is C16H17ClFNO. The minimum atomic E-state index is -0.315. The Kier molecular flexibility index (Phi) is 4.63. The van der Waals surface area contributed by atoms with Gasteiger partial charge in [0, 0.05) is 10.6 Å². The van der Waals surface area contributed by atoms with Crippen molar-refractivity contribution in [1.82, 2.24) is 5.32 Å². The second-order valence-electron chi connectivity index (χ2n) is 4.59. The number of rotatable bonds is 4. The van der Waals surface area contributed by atoms with Crippen molar-refractivity contribution in [3.63, 3.8) is 0 Å². The third kappa shape index (κ3) is 2.79. The topological polar surface area (TPSA) is 21.3 Å². The molecule has 0 aliphatic heterocycles. The number of benzene rings is 2. The molecule has 0 fully saturated rings. The monoisotopic (exact) mass is 293 g/mol. The van der Waals surface area contributed by atoms with E-state index in [-0.39, 0.29) is 11.9 Å². The van der Waals surface area contributed by atoms with Crippen molar-refractivity contribution >= 4 is 11.6 Å². The Balaban J connectivity index is 2.50. The third-order valence-corrected chi connectivity index (χ3v) is 3.66. The highest BCUT2D eigenvalue weighted by atomic mass is 35.5. The molecule has 1 atom stereocenters. The summed E-state index contributed by atoms with van der Waals surface area (Å²) in [5, 5.41) is 3.53. The summed E-state index contributed by atoms with van der Waals surface area (Å²) in [5.74, 6) is 0.494. The fourth-order valence-electron chi connectivity index (χ4n) is 2.35. The summed E-state index contributed by atoms with van der Waals surface area (Å²) in [6, 6.07) is 10.2. The molecule has 0 saturated carbocycles. The molecule has 0 amide bonds. The number of hydrogen-bond donors (Lipinski definition) is 1. The van der Waals surface area contributed by atoms with Crippen LogP contribution in [0.2, 0.25) is 5.02 Å². The van der Waals surface area contributed by atoms with Gasteiger partial charge in [0.15, 0.2) is 0 Å². The zero-order chi connectivity index (χ0) is 14.7. The Bertz CT molecular complexity index is 595. The highest BCUT2D eigenvalue weighted by Gasteiger charge is 2.19. The molecule has 2 nitrogen and oxygen atoms in total. The molecule has 1 unspecified atom stereocenters. The predicted octanol–water partition coefficient (Wildman–Crippen LogP) is 4.10. The first-order chi connectivity index (χ1) is 9.58. The van der Waals surface area contributed by atoms with Gasteiger partial charge >= 0.3 is 0 Å². The van der Waals surface area contributed by atoms with Gasteiger partial charge in [0.05, 0.1) is 13.2 Å². The van der Waals surface area contributed by atoms with Crippen LogP contribution in [0, 0.1) is 12.7 Å². The minimum Gasteiger partial charge on any atom is -0.496 e. The van der Waals surface area contributed by atoms with Crippen LogP contribution in [0.5, 0.6) is 5.75 Å². The van der Waals surface area contributed by atoms with Crippen LogP contribution in [0.15, 0.2) is 36.4 Å². The second kappa shape index (κ2) is 6.25. The van der Waals surface area contributed by atoms with E-state index in [0.717, 1.165) is 16.9 Å². The smallest absolute Gasteiger partial charge is 0.129 e. The molecule has 0 aromatic heterocycles. The molecule has 0 aliphatic carbocycles. The Morgan fingerprint density at radius 3 is 2.55 bits per heavy atom. The molecule has 2 aromatic rings. The first kappa shape index (κ1) is 14.8. The normalized spacial score (nSPS) is 12.2. The van der Waals surface area contributed by atoms with Gasteiger partial charge < -0.3 is 10.1 Å². The van der Waals surface area contributed by atoms with Crippen molar-refractivity contribution in [1.29, 1.82) is 0 Å². The van der Waals surface area contributed by atoms with Crippen LogP contribution in [0.3, 0.4) is 0 Å². The maximum absolute atomic E-state index is 14.1. The second-order valence-corrected chi connectivity index (χ2v) is 4.99. The van der Waals surface area contributed by atoms with Gasteiger partial charge in [0.25, 0.3) is 0 Å². The number of aryl methyl sites for hydroxylation is 1. The van der Waals surface area contributed by atoms with Crippen molar-refractivity contribution in [2.45, 2.75) is 13.0 Å².